The zero-order chi connectivity index (χ0) is 16.9. The number of hydrogen-bond acceptors (Lipinski definition) is 3. The number of rotatable bonds is 2. The van der Waals surface area contributed by atoms with E-state index in [1.807, 2.05) is 0 Å². The number of hydrogen-bond donors (Lipinski definition) is 1. The van der Waals surface area contributed by atoms with Crippen LogP contribution in [0, 0.1) is 18.8 Å². The highest BCUT2D eigenvalue weighted by Gasteiger charge is 2.54. The van der Waals surface area contributed by atoms with E-state index in [4.69, 9.17) is 0 Å². The topological polar surface area (TPSA) is 15.3 Å². The molecule has 0 aromatic heterocycles. The van der Waals surface area contributed by atoms with Gasteiger partial charge in [-0.25, -0.2) is 0 Å². The summed E-state index contributed by atoms with van der Waals surface area (Å²) in [5.74, 6) is 1.48. The first kappa shape index (κ1) is 15.8. The molecule has 2 bridgehead atoms. The van der Waals surface area contributed by atoms with Crippen molar-refractivity contribution in [2.24, 2.45) is 11.8 Å². The average molecular weight is 351 g/mol. The van der Waals surface area contributed by atoms with Crippen molar-refractivity contribution in [1.29, 1.82) is 0 Å². The molecule has 1 spiro atoms. The first-order valence-corrected chi connectivity index (χ1v) is 10.4. The lowest BCUT2D eigenvalue weighted by Gasteiger charge is -2.54. The predicted octanol–water partition coefficient (Wildman–Crippen LogP) is 5.14. The minimum Gasteiger partial charge on any atom is -0.369 e. The largest absolute Gasteiger partial charge is 0.369 e. The SMILES string of the molecule is Cc1ccc(CN2CC3CCCC(C2)C32Nc3ccccc3S2)cc1. The number of nitrogens with one attached hydrogen (secondary N) is 1. The molecule has 3 heteroatoms. The Morgan fingerprint density at radius 3 is 2.48 bits per heavy atom. The zero-order valence-electron chi connectivity index (χ0n) is 14.9. The molecule has 2 nitrogen and oxygen atoms in total. The van der Waals surface area contributed by atoms with Gasteiger partial charge >= 0.3 is 0 Å². The molecular formula is C22H26N2S. The van der Waals surface area contributed by atoms with Gasteiger partial charge in [-0.2, -0.15) is 0 Å². The Bertz CT molecular complexity index is 729. The van der Waals surface area contributed by atoms with E-state index in [2.05, 4.69) is 77.4 Å². The van der Waals surface area contributed by atoms with Crippen LogP contribution in [0.2, 0.25) is 0 Å². The maximum absolute atomic E-state index is 3.98. The monoisotopic (exact) mass is 350 g/mol. The number of thioether (sulfide) groups is 1. The third-order valence-electron chi connectivity index (χ3n) is 6.30. The van der Waals surface area contributed by atoms with Gasteiger partial charge in [-0.3, -0.25) is 4.90 Å². The summed E-state index contributed by atoms with van der Waals surface area (Å²) in [5.41, 5.74) is 4.16. The van der Waals surface area contributed by atoms with Crippen molar-refractivity contribution >= 4 is 17.4 Å². The molecule has 2 atom stereocenters. The fourth-order valence-corrected chi connectivity index (χ4v) is 6.67. The van der Waals surface area contributed by atoms with Crippen LogP contribution in [0.1, 0.15) is 30.4 Å². The van der Waals surface area contributed by atoms with Crippen LogP contribution in [-0.2, 0) is 6.54 Å². The Labute approximate surface area is 155 Å². The van der Waals surface area contributed by atoms with Crippen molar-refractivity contribution in [2.45, 2.75) is 42.5 Å². The summed E-state index contributed by atoms with van der Waals surface area (Å²) in [6.45, 7) is 5.71. The van der Waals surface area contributed by atoms with Gasteiger partial charge < -0.3 is 5.32 Å². The van der Waals surface area contributed by atoms with Crippen molar-refractivity contribution in [2.75, 3.05) is 18.4 Å². The van der Waals surface area contributed by atoms with E-state index in [9.17, 15) is 0 Å². The Hall–Kier alpha value is -1.45. The van der Waals surface area contributed by atoms with Crippen molar-refractivity contribution in [3.05, 3.63) is 59.7 Å². The average Bonchev–Trinajstić information content (AvgIpc) is 2.97. The second-order valence-electron chi connectivity index (χ2n) is 8.02. The van der Waals surface area contributed by atoms with E-state index in [1.54, 1.807) is 0 Å². The quantitative estimate of drug-likeness (QED) is 0.807. The maximum atomic E-state index is 3.98. The fourth-order valence-electron chi connectivity index (χ4n) is 5.05. The van der Waals surface area contributed by atoms with Crippen LogP contribution in [0.25, 0.3) is 0 Å². The summed E-state index contributed by atoms with van der Waals surface area (Å²) in [4.78, 5) is 4.40. The first-order valence-electron chi connectivity index (χ1n) is 9.57. The maximum Gasteiger partial charge on any atom is 0.0962 e. The molecule has 3 aliphatic rings. The number of fused-ring (bicyclic) bond motifs is 1. The summed E-state index contributed by atoms with van der Waals surface area (Å²) < 4.78 is 0. The highest BCUT2D eigenvalue weighted by atomic mass is 32.2. The molecule has 2 unspecified atom stereocenters. The van der Waals surface area contributed by atoms with E-state index in [1.165, 1.54) is 54.1 Å². The molecule has 1 saturated heterocycles. The summed E-state index contributed by atoms with van der Waals surface area (Å²) in [6.07, 6.45) is 4.11. The van der Waals surface area contributed by atoms with E-state index in [0.717, 1.165) is 18.4 Å². The molecular weight excluding hydrogens is 324 g/mol. The van der Waals surface area contributed by atoms with Gasteiger partial charge in [0.25, 0.3) is 0 Å². The number of likely N-dealkylation sites (tertiary alicyclic amines) is 1. The van der Waals surface area contributed by atoms with E-state index < -0.39 is 0 Å². The standard InChI is InChI=1S/C22H26N2S/c1-16-9-11-17(12-10-16)13-24-14-18-5-4-6-19(15-24)22(18)23-20-7-2-3-8-21(20)25-22/h2-3,7-12,18-19,23H,4-6,13-15H2,1H3. The number of piperidine rings is 1. The third kappa shape index (κ3) is 2.69. The van der Waals surface area contributed by atoms with Crippen molar-refractivity contribution in [3.63, 3.8) is 0 Å². The zero-order valence-corrected chi connectivity index (χ0v) is 15.7. The molecule has 0 amide bonds. The van der Waals surface area contributed by atoms with Gasteiger partial charge in [0.1, 0.15) is 0 Å². The molecule has 1 saturated carbocycles. The minimum absolute atomic E-state index is 0.242. The van der Waals surface area contributed by atoms with Crippen LogP contribution in [0.3, 0.4) is 0 Å². The van der Waals surface area contributed by atoms with Gasteiger partial charge in [0.2, 0.25) is 0 Å². The van der Waals surface area contributed by atoms with Gasteiger partial charge in [-0.1, -0.05) is 60.1 Å². The summed E-state index contributed by atoms with van der Waals surface area (Å²) in [5, 5.41) is 3.98. The molecule has 1 N–H and O–H groups in total. The number of aryl methyl sites for hydroxylation is 1. The molecule has 2 aromatic carbocycles. The van der Waals surface area contributed by atoms with Crippen LogP contribution in [0.15, 0.2) is 53.4 Å². The smallest absolute Gasteiger partial charge is 0.0962 e. The third-order valence-corrected chi connectivity index (χ3v) is 7.98. The second kappa shape index (κ2) is 6.07. The molecule has 0 radical (unpaired) electrons. The molecule has 2 heterocycles. The Kier molecular flexibility index (Phi) is 3.83. The molecule has 2 aliphatic heterocycles. The van der Waals surface area contributed by atoms with Gasteiger partial charge in [0, 0.05) is 42.1 Å². The predicted molar refractivity (Wildman–Crippen MR) is 106 cm³/mol. The van der Waals surface area contributed by atoms with Gasteiger partial charge in [0.05, 0.1) is 4.87 Å². The van der Waals surface area contributed by atoms with Gasteiger partial charge in [0.15, 0.2) is 0 Å². The molecule has 2 aromatic rings. The van der Waals surface area contributed by atoms with Crippen molar-refractivity contribution in [3.8, 4) is 0 Å². The fraction of sp³-hybridized carbons (Fsp3) is 0.455. The van der Waals surface area contributed by atoms with Crippen LogP contribution < -0.4 is 5.32 Å². The highest BCUT2D eigenvalue weighted by molar-refractivity contribution is 8.01. The number of nitrogens with zero attached hydrogens (tertiary/aromatic N) is 1. The summed E-state index contributed by atoms with van der Waals surface area (Å²) in [6, 6.07) is 18.0. The summed E-state index contributed by atoms with van der Waals surface area (Å²) in [7, 11) is 0. The van der Waals surface area contributed by atoms with Crippen LogP contribution in [0.5, 0.6) is 0 Å². The number of para-hydroxylation sites is 1. The Balaban J connectivity index is 1.37. The van der Waals surface area contributed by atoms with Crippen molar-refractivity contribution in [1.82, 2.24) is 4.90 Å². The van der Waals surface area contributed by atoms with Crippen LogP contribution in [-0.4, -0.2) is 22.9 Å². The summed E-state index contributed by atoms with van der Waals surface area (Å²) >= 11 is 2.12. The Morgan fingerprint density at radius 2 is 1.76 bits per heavy atom. The molecule has 25 heavy (non-hydrogen) atoms. The molecule has 1 aliphatic carbocycles. The lowest BCUT2D eigenvalue weighted by Crippen LogP contribution is -2.60. The normalized spacial score (nSPS) is 30.9. The lowest BCUT2D eigenvalue weighted by atomic mass is 9.72. The molecule has 5 rings (SSSR count). The van der Waals surface area contributed by atoms with E-state index in [-0.39, 0.29) is 4.87 Å². The van der Waals surface area contributed by atoms with Crippen LogP contribution in [0.4, 0.5) is 5.69 Å². The Morgan fingerprint density at radius 1 is 1.04 bits per heavy atom. The highest BCUT2D eigenvalue weighted by Crippen LogP contribution is 2.58. The molecule has 2 fully saturated rings. The van der Waals surface area contributed by atoms with E-state index in [0.29, 0.717) is 0 Å². The number of anilines is 1. The molecule has 130 valence electrons. The van der Waals surface area contributed by atoms with Crippen molar-refractivity contribution < 1.29 is 0 Å². The lowest BCUT2D eigenvalue weighted by molar-refractivity contribution is 0.0531. The first-order chi connectivity index (χ1) is 12.2. The van der Waals surface area contributed by atoms with Gasteiger partial charge in [-0.15, -0.1) is 0 Å². The van der Waals surface area contributed by atoms with Gasteiger partial charge in [-0.05, 0) is 37.5 Å². The van der Waals surface area contributed by atoms with E-state index >= 15 is 0 Å². The second-order valence-corrected chi connectivity index (χ2v) is 9.34. The number of benzene rings is 2. The van der Waals surface area contributed by atoms with Crippen LogP contribution >= 0.6 is 11.8 Å². The minimum atomic E-state index is 0.242.